The fraction of sp³-hybridized carbons (Fsp3) is 0.455. The van der Waals surface area contributed by atoms with Crippen molar-refractivity contribution in [3.63, 3.8) is 0 Å². The Balaban J connectivity index is 2.88. The van der Waals surface area contributed by atoms with Gasteiger partial charge < -0.3 is 0 Å². The Hall–Kier alpha value is 0.660. The lowest BCUT2D eigenvalue weighted by atomic mass is 10.0. The van der Waals surface area contributed by atoms with E-state index in [0.717, 1.165) is 10.9 Å². The minimum atomic E-state index is 0.425. The molecular formula is C11H13Br3. The zero-order valence-electron chi connectivity index (χ0n) is 8.23. The van der Waals surface area contributed by atoms with Gasteiger partial charge in [-0.2, -0.15) is 0 Å². The van der Waals surface area contributed by atoms with Crippen LogP contribution in [0.2, 0.25) is 0 Å². The Morgan fingerprint density at radius 2 is 1.86 bits per heavy atom. The topological polar surface area (TPSA) is 0 Å². The van der Waals surface area contributed by atoms with Gasteiger partial charge in [-0.05, 0) is 36.1 Å². The molecular weight excluding hydrogens is 372 g/mol. The minimum absolute atomic E-state index is 0.425. The molecule has 78 valence electrons. The summed E-state index contributed by atoms with van der Waals surface area (Å²) in [7, 11) is 0. The van der Waals surface area contributed by atoms with E-state index in [9.17, 15) is 0 Å². The van der Waals surface area contributed by atoms with Gasteiger partial charge in [0.15, 0.2) is 0 Å². The van der Waals surface area contributed by atoms with Crippen LogP contribution in [0.5, 0.6) is 0 Å². The molecule has 14 heavy (non-hydrogen) atoms. The van der Waals surface area contributed by atoms with Crippen molar-refractivity contribution in [1.82, 2.24) is 0 Å². The third kappa shape index (κ3) is 3.67. The van der Waals surface area contributed by atoms with Crippen LogP contribution in [-0.2, 0) is 0 Å². The number of hydrogen-bond acceptors (Lipinski definition) is 0. The Labute approximate surface area is 111 Å². The molecule has 1 aromatic carbocycles. The summed E-state index contributed by atoms with van der Waals surface area (Å²) in [4.78, 5) is 0.425. The van der Waals surface area contributed by atoms with Gasteiger partial charge in [0.1, 0.15) is 0 Å². The maximum atomic E-state index is 3.72. The van der Waals surface area contributed by atoms with E-state index in [1.807, 2.05) is 6.07 Å². The van der Waals surface area contributed by atoms with Gasteiger partial charge in [0.2, 0.25) is 0 Å². The maximum Gasteiger partial charge on any atom is 0.0409 e. The van der Waals surface area contributed by atoms with Gasteiger partial charge in [-0.15, -0.1) is 0 Å². The van der Waals surface area contributed by atoms with Crippen molar-refractivity contribution in [3.05, 3.63) is 32.7 Å². The van der Waals surface area contributed by atoms with Gasteiger partial charge in [-0.1, -0.05) is 61.6 Å². The van der Waals surface area contributed by atoms with Crippen molar-refractivity contribution in [2.75, 3.05) is 0 Å². The van der Waals surface area contributed by atoms with Crippen molar-refractivity contribution in [1.29, 1.82) is 0 Å². The molecule has 1 atom stereocenters. The molecule has 0 N–H and O–H groups in total. The van der Waals surface area contributed by atoms with Crippen LogP contribution in [-0.4, -0.2) is 0 Å². The molecule has 0 heterocycles. The van der Waals surface area contributed by atoms with E-state index in [4.69, 9.17) is 0 Å². The van der Waals surface area contributed by atoms with Gasteiger partial charge in [-0.25, -0.2) is 0 Å². The molecule has 0 aliphatic rings. The third-order valence-corrected chi connectivity index (χ3v) is 4.06. The van der Waals surface area contributed by atoms with E-state index in [0.29, 0.717) is 10.7 Å². The summed E-state index contributed by atoms with van der Waals surface area (Å²) < 4.78 is 2.30. The Bertz CT molecular complexity index is 307. The largest absolute Gasteiger partial charge is 0.0838 e. The molecule has 0 aliphatic carbocycles. The predicted octanol–water partition coefficient (Wildman–Crippen LogP) is 5.69. The second kappa shape index (κ2) is 5.66. The van der Waals surface area contributed by atoms with Gasteiger partial charge in [0.25, 0.3) is 0 Å². The molecule has 1 unspecified atom stereocenters. The second-order valence-electron chi connectivity index (χ2n) is 3.76. The Morgan fingerprint density at radius 1 is 1.21 bits per heavy atom. The molecule has 1 rings (SSSR count). The fourth-order valence-corrected chi connectivity index (χ4v) is 3.63. The molecule has 0 fully saturated rings. The molecule has 0 radical (unpaired) electrons. The van der Waals surface area contributed by atoms with Crippen LogP contribution in [0.3, 0.4) is 0 Å². The van der Waals surface area contributed by atoms with Crippen molar-refractivity contribution in [2.45, 2.75) is 25.1 Å². The van der Waals surface area contributed by atoms with E-state index in [1.165, 1.54) is 10.0 Å². The molecule has 1 aromatic rings. The highest BCUT2D eigenvalue weighted by Crippen LogP contribution is 2.35. The quantitative estimate of drug-likeness (QED) is 0.587. The summed E-state index contributed by atoms with van der Waals surface area (Å²) in [6.07, 6.45) is 1.15. The predicted molar refractivity (Wildman–Crippen MR) is 73.0 cm³/mol. The smallest absolute Gasteiger partial charge is 0.0409 e. The average Bonchev–Trinajstić information content (AvgIpc) is 2.08. The second-order valence-corrected chi connectivity index (χ2v) is 6.64. The normalized spacial score (nSPS) is 13.3. The fourth-order valence-electron chi connectivity index (χ4n) is 1.30. The molecule has 0 amide bonds. The number of rotatable bonds is 3. The van der Waals surface area contributed by atoms with Crippen LogP contribution < -0.4 is 0 Å². The highest BCUT2D eigenvalue weighted by atomic mass is 79.9. The lowest BCUT2D eigenvalue weighted by molar-refractivity contribution is 0.583. The van der Waals surface area contributed by atoms with Gasteiger partial charge >= 0.3 is 0 Å². The van der Waals surface area contributed by atoms with E-state index >= 15 is 0 Å². The van der Waals surface area contributed by atoms with Gasteiger partial charge in [0, 0.05) is 13.8 Å². The first-order valence-electron chi connectivity index (χ1n) is 4.59. The summed E-state index contributed by atoms with van der Waals surface area (Å²) in [6.45, 7) is 4.47. The van der Waals surface area contributed by atoms with Crippen LogP contribution in [0.25, 0.3) is 0 Å². The lowest BCUT2D eigenvalue weighted by Crippen LogP contribution is -1.96. The summed E-state index contributed by atoms with van der Waals surface area (Å²) in [5, 5.41) is 0. The molecule has 0 saturated carbocycles. The summed E-state index contributed by atoms with van der Waals surface area (Å²) in [6, 6.07) is 6.28. The van der Waals surface area contributed by atoms with E-state index in [1.54, 1.807) is 0 Å². The molecule has 0 bridgehead atoms. The average molecular weight is 385 g/mol. The van der Waals surface area contributed by atoms with Gasteiger partial charge in [0.05, 0.1) is 0 Å². The van der Waals surface area contributed by atoms with Crippen molar-refractivity contribution in [3.8, 4) is 0 Å². The highest BCUT2D eigenvalue weighted by Gasteiger charge is 2.12. The minimum Gasteiger partial charge on any atom is -0.0838 e. The number of alkyl halides is 1. The summed E-state index contributed by atoms with van der Waals surface area (Å²) >= 11 is 10.8. The third-order valence-electron chi connectivity index (χ3n) is 1.97. The molecule has 0 nitrogen and oxygen atoms in total. The van der Waals surface area contributed by atoms with E-state index in [-0.39, 0.29) is 0 Å². The summed E-state index contributed by atoms with van der Waals surface area (Å²) in [5.41, 5.74) is 1.31. The van der Waals surface area contributed by atoms with Crippen LogP contribution in [0.1, 0.15) is 30.7 Å². The standard InChI is InChI=1S/C11H13Br3/c1-7(2)5-11(14)9-6-8(12)3-4-10(9)13/h3-4,6-7,11H,5H2,1-2H3. The molecule has 0 saturated heterocycles. The van der Waals surface area contributed by atoms with Crippen molar-refractivity contribution >= 4 is 47.8 Å². The summed E-state index contributed by atoms with van der Waals surface area (Å²) in [5.74, 6) is 0.699. The molecule has 0 aliphatic heterocycles. The zero-order chi connectivity index (χ0) is 10.7. The monoisotopic (exact) mass is 382 g/mol. The van der Waals surface area contributed by atoms with Crippen LogP contribution >= 0.6 is 47.8 Å². The van der Waals surface area contributed by atoms with E-state index < -0.39 is 0 Å². The first kappa shape index (κ1) is 12.7. The van der Waals surface area contributed by atoms with Crippen LogP contribution in [0.4, 0.5) is 0 Å². The molecule has 0 aromatic heterocycles. The molecule has 0 spiro atoms. The van der Waals surface area contributed by atoms with Crippen LogP contribution in [0.15, 0.2) is 27.1 Å². The van der Waals surface area contributed by atoms with E-state index in [2.05, 4.69) is 73.8 Å². The number of benzene rings is 1. The molecule has 3 heteroatoms. The number of hydrogen-bond donors (Lipinski definition) is 0. The van der Waals surface area contributed by atoms with Crippen LogP contribution in [0, 0.1) is 5.92 Å². The first-order chi connectivity index (χ1) is 6.50. The van der Waals surface area contributed by atoms with Crippen molar-refractivity contribution in [2.24, 2.45) is 5.92 Å². The zero-order valence-corrected chi connectivity index (χ0v) is 13.0. The Kier molecular flexibility index (Phi) is 5.15. The van der Waals surface area contributed by atoms with Crippen molar-refractivity contribution < 1.29 is 0 Å². The maximum absolute atomic E-state index is 3.72. The first-order valence-corrected chi connectivity index (χ1v) is 7.10. The SMILES string of the molecule is CC(C)CC(Br)c1cc(Br)ccc1Br. The lowest BCUT2D eigenvalue weighted by Gasteiger charge is -2.14. The Morgan fingerprint density at radius 3 is 2.43 bits per heavy atom. The van der Waals surface area contributed by atoms with Gasteiger partial charge in [-0.3, -0.25) is 0 Å². The number of halogens is 3. The highest BCUT2D eigenvalue weighted by molar-refractivity contribution is 9.11.